The van der Waals surface area contributed by atoms with Crippen molar-refractivity contribution in [2.45, 2.75) is 74.1 Å². The van der Waals surface area contributed by atoms with Gasteiger partial charge in [0, 0.05) is 0 Å². The van der Waals surface area contributed by atoms with Crippen LogP contribution < -0.4 is 0 Å². The summed E-state index contributed by atoms with van der Waals surface area (Å²) < 4.78 is 0. The maximum Gasteiger partial charge on any atom is -0.0360 e. The molecule has 0 aliphatic heterocycles. The van der Waals surface area contributed by atoms with Crippen LogP contribution in [0.25, 0.3) is 0 Å². The Hall–Kier alpha value is 0. The minimum absolute atomic E-state index is 0.846. The molecule has 16 heavy (non-hydrogen) atoms. The molecular formula is C16H34. The third-order valence-corrected chi connectivity index (χ3v) is 4.41. The van der Waals surface area contributed by atoms with Crippen molar-refractivity contribution >= 4 is 0 Å². The molecule has 0 heteroatoms. The van der Waals surface area contributed by atoms with Gasteiger partial charge in [0.1, 0.15) is 0 Å². The molecule has 0 bridgehead atoms. The summed E-state index contributed by atoms with van der Waals surface area (Å²) in [6, 6.07) is 0. The Balaban J connectivity index is 4.45. The average Bonchev–Trinajstić information content (AvgIpc) is 2.22. The first-order valence-electron chi connectivity index (χ1n) is 7.43. The van der Waals surface area contributed by atoms with E-state index in [1.54, 1.807) is 0 Å². The lowest BCUT2D eigenvalue weighted by molar-refractivity contribution is 0.161. The average molecular weight is 226 g/mol. The number of rotatable bonds is 8. The van der Waals surface area contributed by atoms with Gasteiger partial charge in [-0.1, -0.05) is 67.7 Å². The largest absolute Gasteiger partial charge is 0.0654 e. The number of hydrogen-bond donors (Lipinski definition) is 0. The minimum Gasteiger partial charge on any atom is -0.0654 e. The van der Waals surface area contributed by atoms with Crippen molar-refractivity contribution in [3.05, 3.63) is 0 Å². The van der Waals surface area contributed by atoms with Crippen LogP contribution in [0.5, 0.6) is 0 Å². The SMILES string of the molecule is CCCC(C(C)CC(C)C)C(C)C(C)CC. The second-order valence-corrected chi connectivity index (χ2v) is 6.30. The number of hydrogen-bond acceptors (Lipinski definition) is 0. The maximum atomic E-state index is 2.48. The molecule has 0 aromatic carbocycles. The molecule has 0 spiro atoms. The third kappa shape index (κ3) is 5.37. The predicted octanol–water partition coefficient (Wildman–Crippen LogP) is 5.77. The summed E-state index contributed by atoms with van der Waals surface area (Å²) in [5.41, 5.74) is 0. The lowest BCUT2D eigenvalue weighted by Crippen LogP contribution is -2.25. The predicted molar refractivity (Wildman–Crippen MR) is 75.6 cm³/mol. The zero-order valence-electron chi connectivity index (χ0n) is 12.7. The molecule has 0 rings (SSSR count). The maximum absolute atomic E-state index is 2.48. The van der Waals surface area contributed by atoms with E-state index in [4.69, 9.17) is 0 Å². The lowest BCUT2D eigenvalue weighted by Gasteiger charge is -2.34. The molecule has 0 amide bonds. The van der Waals surface area contributed by atoms with E-state index < -0.39 is 0 Å². The van der Waals surface area contributed by atoms with Gasteiger partial charge in [-0.25, -0.2) is 0 Å². The summed E-state index contributed by atoms with van der Waals surface area (Å²) in [6.07, 6.45) is 5.48. The minimum atomic E-state index is 0.846. The Labute approximate surface area is 104 Å². The van der Waals surface area contributed by atoms with Crippen LogP contribution in [0, 0.1) is 29.6 Å². The summed E-state index contributed by atoms with van der Waals surface area (Å²) in [4.78, 5) is 0. The van der Waals surface area contributed by atoms with Crippen molar-refractivity contribution < 1.29 is 0 Å². The molecule has 0 heterocycles. The van der Waals surface area contributed by atoms with Crippen LogP contribution >= 0.6 is 0 Å². The molecule has 98 valence electrons. The zero-order valence-corrected chi connectivity index (χ0v) is 12.7. The van der Waals surface area contributed by atoms with Crippen LogP contribution in [0.4, 0.5) is 0 Å². The van der Waals surface area contributed by atoms with Crippen molar-refractivity contribution in [3.63, 3.8) is 0 Å². The van der Waals surface area contributed by atoms with Crippen LogP contribution in [0.2, 0.25) is 0 Å². The highest BCUT2D eigenvalue weighted by atomic mass is 14.3. The van der Waals surface area contributed by atoms with Crippen molar-refractivity contribution in [1.82, 2.24) is 0 Å². The third-order valence-electron chi connectivity index (χ3n) is 4.41. The van der Waals surface area contributed by atoms with Crippen LogP contribution in [-0.4, -0.2) is 0 Å². The standard InChI is InChI=1S/C16H34/c1-8-10-16(14(6)11-12(3)4)15(7)13(5)9-2/h12-16H,8-11H2,1-7H3. The summed E-state index contributed by atoms with van der Waals surface area (Å²) >= 11 is 0. The monoisotopic (exact) mass is 226 g/mol. The van der Waals surface area contributed by atoms with Crippen LogP contribution in [0.1, 0.15) is 74.1 Å². The molecule has 4 atom stereocenters. The molecule has 0 aromatic heterocycles. The van der Waals surface area contributed by atoms with Crippen LogP contribution in [0.15, 0.2) is 0 Å². The fourth-order valence-corrected chi connectivity index (χ4v) is 3.11. The molecule has 0 fully saturated rings. The Bertz CT molecular complexity index is 159. The lowest BCUT2D eigenvalue weighted by atomic mass is 9.72. The summed E-state index contributed by atoms with van der Waals surface area (Å²) in [7, 11) is 0. The Morgan fingerprint density at radius 3 is 1.75 bits per heavy atom. The van der Waals surface area contributed by atoms with Crippen LogP contribution in [-0.2, 0) is 0 Å². The summed E-state index contributed by atoms with van der Waals surface area (Å²) in [5.74, 6) is 4.44. The van der Waals surface area contributed by atoms with Crippen molar-refractivity contribution in [3.8, 4) is 0 Å². The van der Waals surface area contributed by atoms with E-state index in [1.807, 2.05) is 0 Å². The highest BCUT2D eigenvalue weighted by molar-refractivity contribution is 4.76. The summed E-state index contributed by atoms with van der Waals surface area (Å²) in [5, 5.41) is 0. The zero-order chi connectivity index (χ0) is 12.7. The fraction of sp³-hybridized carbons (Fsp3) is 1.00. The highest BCUT2D eigenvalue weighted by Gasteiger charge is 2.26. The Morgan fingerprint density at radius 2 is 1.38 bits per heavy atom. The van der Waals surface area contributed by atoms with Crippen molar-refractivity contribution in [1.29, 1.82) is 0 Å². The molecule has 0 radical (unpaired) electrons. The quantitative estimate of drug-likeness (QED) is 0.493. The van der Waals surface area contributed by atoms with Gasteiger partial charge < -0.3 is 0 Å². The van der Waals surface area contributed by atoms with Gasteiger partial charge in [-0.2, -0.15) is 0 Å². The molecule has 0 saturated heterocycles. The molecule has 0 nitrogen and oxygen atoms in total. The summed E-state index contributed by atoms with van der Waals surface area (Å²) in [6.45, 7) is 16.7. The Morgan fingerprint density at radius 1 is 0.812 bits per heavy atom. The molecule has 0 saturated carbocycles. The molecule has 4 unspecified atom stereocenters. The first-order valence-corrected chi connectivity index (χ1v) is 7.43. The van der Waals surface area contributed by atoms with Gasteiger partial charge in [0.05, 0.1) is 0 Å². The smallest absolute Gasteiger partial charge is 0.0360 e. The van der Waals surface area contributed by atoms with Gasteiger partial charge in [0.2, 0.25) is 0 Å². The van der Waals surface area contributed by atoms with E-state index in [2.05, 4.69) is 48.5 Å². The van der Waals surface area contributed by atoms with Crippen molar-refractivity contribution in [2.24, 2.45) is 29.6 Å². The van der Waals surface area contributed by atoms with E-state index >= 15 is 0 Å². The molecule has 0 aromatic rings. The second kappa shape index (κ2) is 8.14. The highest BCUT2D eigenvalue weighted by Crippen LogP contribution is 2.35. The molecule has 0 aliphatic carbocycles. The topological polar surface area (TPSA) is 0 Å². The fourth-order valence-electron chi connectivity index (χ4n) is 3.11. The normalized spacial score (nSPS) is 19.5. The van der Waals surface area contributed by atoms with E-state index in [1.165, 1.54) is 25.7 Å². The first kappa shape index (κ1) is 16.0. The van der Waals surface area contributed by atoms with Gasteiger partial charge in [0.15, 0.2) is 0 Å². The second-order valence-electron chi connectivity index (χ2n) is 6.30. The van der Waals surface area contributed by atoms with E-state index in [9.17, 15) is 0 Å². The van der Waals surface area contributed by atoms with E-state index in [0.717, 1.165) is 29.6 Å². The van der Waals surface area contributed by atoms with E-state index in [0.29, 0.717) is 0 Å². The first-order chi connectivity index (χ1) is 7.43. The van der Waals surface area contributed by atoms with Gasteiger partial charge in [-0.3, -0.25) is 0 Å². The van der Waals surface area contributed by atoms with Gasteiger partial charge in [-0.15, -0.1) is 0 Å². The van der Waals surface area contributed by atoms with Gasteiger partial charge in [0.25, 0.3) is 0 Å². The Kier molecular flexibility index (Phi) is 8.14. The van der Waals surface area contributed by atoms with Crippen molar-refractivity contribution in [2.75, 3.05) is 0 Å². The van der Waals surface area contributed by atoms with Gasteiger partial charge in [-0.05, 0) is 36.0 Å². The molecular weight excluding hydrogens is 192 g/mol. The van der Waals surface area contributed by atoms with Gasteiger partial charge >= 0.3 is 0 Å². The van der Waals surface area contributed by atoms with Crippen LogP contribution in [0.3, 0.4) is 0 Å². The molecule has 0 aliphatic rings. The molecule has 0 N–H and O–H groups in total. The van der Waals surface area contributed by atoms with E-state index in [-0.39, 0.29) is 0 Å².